The lowest BCUT2D eigenvalue weighted by Crippen LogP contribution is -2.40. The molecule has 13 heavy (non-hydrogen) atoms. The molecule has 70 valence electrons. The zero-order chi connectivity index (χ0) is 9.26. The molecule has 1 aromatic rings. The van der Waals surface area contributed by atoms with Gasteiger partial charge in [-0.15, -0.1) is 0 Å². The Kier molecular flexibility index (Phi) is 2.02. The number of H-pyrrole nitrogens is 1. The van der Waals surface area contributed by atoms with E-state index in [1.807, 2.05) is 0 Å². The number of aromatic nitrogens is 2. The summed E-state index contributed by atoms with van der Waals surface area (Å²) in [6, 6.07) is 0. The highest BCUT2D eigenvalue weighted by Gasteiger charge is 2.22. The number of hydrogen-bond acceptors (Lipinski definition) is 4. The Bertz CT molecular complexity index is 317. The Morgan fingerprint density at radius 2 is 2.46 bits per heavy atom. The van der Waals surface area contributed by atoms with Crippen molar-refractivity contribution in [2.45, 2.75) is 5.92 Å². The molecule has 1 aliphatic heterocycles. The number of nitrogens with one attached hydrogen (secondary N) is 2. The molecule has 2 rings (SSSR count). The number of methoxy groups -OCH3 is 1. The normalized spacial score (nSPS) is 16.7. The van der Waals surface area contributed by atoms with Crippen LogP contribution in [0.5, 0.6) is 0 Å². The van der Waals surface area contributed by atoms with E-state index in [0.29, 0.717) is 11.6 Å². The maximum Gasteiger partial charge on any atom is 0.356 e. The maximum atomic E-state index is 11.0. The van der Waals surface area contributed by atoms with E-state index in [1.165, 1.54) is 13.3 Å². The van der Waals surface area contributed by atoms with Crippen molar-refractivity contribution in [3.63, 3.8) is 0 Å². The number of rotatable bonds is 2. The first-order valence-corrected chi connectivity index (χ1v) is 4.15. The molecule has 5 nitrogen and oxygen atoms in total. The first kappa shape index (κ1) is 8.25. The van der Waals surface area contributed by atoms with Crippen molar-refractivity contribution in [3.05, 3.63) is 17.7 Å². The van der Waals surface area contributed by atoms with Crippen LogP contribution < -0.4 is 5.32 Å². The van der Waals surface area contributed by atoms with Crippen LogP contribution in [-0.4, -0.2) is 36.1 Å². The smallest absolute Gasteiger partial charge is 0.356 e. The molecular weight excluding hydrogens is 170 g/mol. The third kappa shape index (κ3) is 1.42. The molecule has 1 fully saturated rings. The highest BCUT2D eigenvalue weighted by Crippen LogP contribution is 2.16. The third-order valence-corrected chi connectivity index (χ3v) is 2.17. The van der Waals surface area contributed by atoms with Crippen LogP contribution in [0, 0.1) is 0 Å². The van der Waals surface area contributed by atoms with E-state index in [4.69, 9.17) is 0 Å². The number of aromatic amines is 1. The van der Waals surface area contributed by atoms with Crippen molar-refractivity contribution in [1.29, 1.82) is 0 Å². The molecule has 1 aliphatic rings. The van der Waals surface area contributed by atoms with E-state index in [0.717, 1.165) is 18.9 Å². The quantitative estimate of drug-likeness (QED) is 0.624. The van der Waals surface area contributed by atoms with Crippen molar-refractivity contribution < 1.29 is 9.53 Å². The molecule has 2 N–H and O–H groups in total. The van der Waals surface area contributed by atoms with Gasteiger partial charge in [-0.05, 0) is 0 Å². The van der Waals surface area contributed by atoms with Crippen LogP contribution in [0.4, 0.5) is 0 Å². The van der Waals surface area contributed by atoms with Crippen LogP contribution in [0.1, 0.15) is 22.2 Å². The number of carbonyl (C=O) groups excluding carboxylic acids is 1. The van der Waals surface area contributed by atoms with Crippen molar-refractivity contribution in [2.75, 3.05) is 20.2 Å². The zero-order valence-corrected chi connectivity index (χ0v) is 7.33. The molecule has 0 saturated carbocycles. The number of esters is 1. The first-order valence-electron chi connectivity index (χ1n) is 4.15. The molecule has 0 atom stereocenters. The monoisotopic (exact) mass is 181 g/mol. The summed E-state index contributed by atoms with van der Waals surface area (Å²) in [5.41, 5.74) is 0.421. The van der Waals surface area contributed by atoms with Gasteiger partial charge in [-0.3, -0.25) is 0 Å². The van der Waals surface area contributed by atoms with Crippen LogP contribution in [0.15, 0.2) is 6.20 Å². The van der Waals surface area contributed by atoms with Crippen LogP contribution in [-0.2, 0) is 4.74 Å². The van der Waals surface area contributed by atoms with Crippen LogP contribution in [0.25, 0.3) is 0 Å². The largest absolute Gasteiger partial charge is 0.464 e. The second-order valence-electron chi connectivity index (χ2n) is 3.03. The topological polar surface area (TPSA) is 67.0 Å². The van der Waals surface area contributed by atoms with Gasteiger partial charge in [0.2, 0.25) is 0 Å². The predicted molar refractivity (Wildman–Crippen MR) is 45.5 cm³/mol. The predicted octanol–water partition coefficient (Wildman–Crippen LogP) is -0.117. The summed E-state index contributed by atoms with van der Waals surface area (Å²) >= 11 is 0. The number of nitrogens with zero attached hydrogens (tertiary/aromatic N) is 1. The summed E-state index contributed by atoms with van der Waals surface area (Å²) in [6.45, 7) is 1.85. The Hall–Kier alpha value is -1.36. The van der Waals surface area contributed by atoms with E-state index in [2.05, 4.69) is 20.0 Å². The summed E-state index contributed by atoms with van der Waals surface area (Å²) in [7, 11) is 1.35. The van der Waals surface area contributed by atoms with Gasteiger partial charge in [0.25, 0.3) is 0 Å². The van der Waals surface area contributed by atoms with Gasteiger partial charge in [0.15, 0.2) is 0 Å². The number of carbonyl (C=O) groups is 1. The van der Waals surface area contributed by atoms with Crippen molar-refractivity contribution >= 4 is 5.97 Å². The lowest BCUT2D eigenvalue weighted by Gasteiger charge is -2.24. The average molecular weight is 181 g/mol. The standard InChI is InChI=1S/C8H11N3O2/c1-13-8(12)6-4-10-7(11-6)5-2-9-3-5/h4-5,9H,2-3H2,1H3,(H,10,11). The molecule has 0 amide bonds. The lowest BCUT2D eigenvalue weighted by atomic mass is 10.0. The molecule has 0 aromatic carbocycles. The summed E-state index contributed by atoms with van der Waals surface area (Å²) in [5.74, 6) is 0.906. The van der Waals surface area contributed by atoms with Crippen LogP contribution in [0.2, 0.25) is 0 Å². The number of ether oxygens (including phenoxy) is 1. The van der Waals surface area contributed by atoms with Crippen molar-refractivity contribution in [3.8, 4) is 0 Å². The average Bonchev–Trinajstić information content (AvgIpc) is 2.49. The van der Waals surface area contributed by atoms with Gasteiger partial charge in [-0.2, -0.15) is 0 Å². The SMILES string of the molecule is COC(=O)c1cnc(C2CNC2)[nH]1. The fraction of sp³-hybridized carbons (Fsp3) is 0.500. The Labute approximate surface area is 75.5 Å². The van der Waals surface area contributed by atoms with E-state index in [9.17, 15) is 4.79 Å². The molecule has 0 spiro atoms. The molecular formula is C8H11N3O2. The van der Waals surface area contributed by atoms with Gasteiger partial charge in [-0.1, -0.05) is 0 Å². The molecule has 1 aromatic heterocycles. The Morgan fingerprint density at radius 1 is 1.69 bits per heavy atom. The van der Waals surface area contributed by atoms with Crippen LogP contribution in [0.3, 0.4) is 0 Å². The molecule has 2 heterocycles. The van der Waals surface area contributed by atoms with Gasteiger partial charge in [0.05, 0.1) is 13.3 Å². The summed E-state index contributed by atoms with van der Waals surface area (Å²) in [5, 5.41) is 3.14. The molecule has 5 heteroatoms. The third-order valence-electron chi connectivity index (χ3n) is 2.17. The molecule has 0 unspecified atom stereocenters. The van der Waals surface area contributed by atoms with E-state index in [1.54, 1.807) is 0 Å². The molecule has 1 saturated heterocycles. The molecule has 0 bridgehead atoms. The van der Waals surface area contributed by atoms with Crippen molar-refractivity contribution in [2.24, 2.45) is 0 Å². The lowest BCUT2D eigenvalue weighted by molar-refractivity contribution is 0.0594. The summed E-state index contributed by atoms with van der Waals surface area (Å²) in [4.78, 5) is 18.1. The van der Waals surface area contributed by atoms with Crippen LogP contribution >= 0.6 is 0 Å². The molecule has 0 radical (unpaired) electrons. The Morgan fingerprint density at radius 3 is 3.00 bits per heavy atom. The zero-order valence-electron chi connectivity index (χ0n) is 7.33. The summed E-state index contributed by atoms with van der Waals surface area (Å²) < 4.78 is 4.56. The molecule has 0 aliphatic carbocycles. The summed E-state index contributed by atoms with van der Waals surface area (Å²) in [6.07, 6.45) is 1.51. The number of hydrogen-bond donors (Lipinski definition) is 2. The number of imidazole rings is 1. The fourth-order valence-electron chi connectivity index (χ4n) is 1.24. The van der Waals surface area contributed by atoms with Crippen molar-refractivity contribution in [1.82, 2.24) is 15.3 Å². The van der Waals surface area contributed by atoms with E-state index < -0.39 is 0 Å². The van der Waals surface area contributed by atoms with Gasteiger partial charge in [-0.25, -0.2) is 9.78 Å². The highest BCUT2D eigenvalue weighted by atomic mass is 16.5. The maximum absolute atomic E-state index is 11.0. The van der Waals surface area contributed by atoms with Gasteiger partial charge < -0.3 is 15.0 Å². The highest BCUT2D eigenvalue weighted by molar-refractivity contribution is 5.86. The minimum atomic E-state index is -0.369. The minimum Gasteiger partial charge on any atom is -0.464 e. The van der Waals surface area contributed by atoms with Gasteiger partial charge >= 0.3 is 5.97 Å². The minimum absolute atomic E-state index is 0.369. The van der Waals surface area contributed by atoms with Gasteiger partial charge in [0, 0.05) is 19.0 Å². The van der Waals surface area contributed by atoms with E-state index in [-0.39, 0.29) is 5.97 Å². The second-order valence-corrected chi connectivity index (χ2v) is 3.03. The fourth-order valence-corrected chi connectivity index (χ4v) is 1.24. The second kappa shape index (κ2) is 3.18. The Balaban J connectivity index is 2.12. The van der Waals surface area contributed by atoms with Gasteiger partial charge in [0.1, 0.15) is 11.5 Å². The van der Waals surface area contributed by atoms with E-state index >= 15 is 0 Å². The first-order chi connectivity index (χ1) is 6.31.